The Kier molecular flexibility index (Phi) is 5.61. The number of nitrogens with zero attached hydrogens (tertiary/aromatic N) is 2. The van der Waals surface area contributed by atoms with Crippen LogP contribution >= 0.6 is 11.3 Å². The first-order valence-corrected chi connectivity index (χ1v) is 9.69. The zero-order valence-corrected chi connectivity index (χ0v) is 16.2. The molecule has 2 aromatic rings. The second kappa shape index (κ2) is 7.91. The van der Waals surface area contributed by atoms with Crippen LogP contribution in [0.15, 0.2) is 35.7 Å². The van der Waals surface area contributed by atoms with E-state index in [2.05, 4.69) is 13.8 Å². The van der Waals surface area contributed by atoms with E-state index in [1.807, 2.05) is 45.5 Å². The summed E-state index contributed by atoms with van der Waals surface area (Å²) < 4.78 is 5.39. The molecule has 0 N–H and O–H groups in total. The molecule has 0 bridgehead atoms. The Bertz CT molecular complexity index is 778. The summed E-state index contributed by atoms with van der Waals surface area (Å²) in [7, 11) is 1.65. The molecule has 2 amide bonds. The van der Waals surface area contributed by atoms with Crippen molar-refractivity contribution >= 4 is 23.2 Å². The Morgan fingerprint density at radius 2 is 1.69 bits per heavy atom. The maximum Gasteiger partial charge on any atom is 0.264 e. The van der Waals surface area contributed by atoms with Crippen LogP contribution in [0.3, 0.4) is 0 Å². The zero-order chi connectivity index (χ0) is 18.7. The van der Waals surface area contributed by atoms with Crippen LogP contribution in [0.5, 0.6) is 5.75 Å². The van der Waals surface area contributed by atoms with Gasteiger partial charge in [-0.25, -0.2) is 0 Å². The molecular formula is C20H24N2O3S. The van der Waals surface area contributed by atoms with Crippen molar-refractivity contribution in [2.24, 2.45) is 0 Å². The topological polar surface area (TPSA) is 49.9 Å². The van der Waals surface area contributed by atoms with Gasteiger partial charge in [-0.3, -0.25) is 9.59 Å². The van der Waals surface area contributed by atoms with E-state index in [0.29, 0.717) is 31.7 Å². The Morgan fingerprint density at radius 3 is 2.23 bits per heavy atom. The summed E-state index contributed by atoms with van der Waals surface area (Å²) in [6, 6.07) is 9.33. The van der Waals surface area contributed by atoms with Crippen LogP contribution in [0.25, 0.3) is 0 Å². The van der Waals surface area contributed by atoms with Crippen molar-refractivity contribution in [1.29, 1.82) is 0 Å². The molecular weight excluding hydrogens is 348 g/mol. The van der Waals surface area contributed by atoms with E-state index < -0.39 is 0 Å². The van der Waals surface area contributed by atoms with Gasteiger partial charge in [0.2, 0.25) is 0 Å². The summed E-state index contributed by atoms with van der Waals surface area (Å²) in [4.78, 5) is 29.7. The number of benzene rings is 1. The minimum absolute atomic E-state index is 0.0118. The molecule has 0 atom stereocenters. The summed E-state index contributed by atoms with van der Waals surface area (Å²) >= 11 is 1.45. The number of ether oxygens (including phenoxy) is 1. The van der Waals surface area contributed by atoms with Gasteiger partial charge < -0.3 is 14.5 Å². The lowest BCUT2D eigenvalue weighted by Gasteiger charge is -2.34. The molecule has 1 aromatic carbocycles. The number of thiophene rings is 1. The number of amides is 2. The predicted molar refractivity (Wildman–Crippen MR) is 103 cm³/mol. The highest BCUT2D eigenvalue weighted by Crippen LogP contribution is 2.28. The van der Waals surface area contributed by atoms with Gasteiger partial charge in [0.15, 0.2) is 0 Å². The lowest BCUT2D eigenvalue weighted by Crippen LogP contribution is -2.50. The van der Waals surface area contributed by atoms with Gasteiger partial charge in [-0.05, 0) is 41.1 Å². The van der Waals surface area contributed by atoms with E-state index in [-0.39, 0.29) is 17.7 Å². The maximum absolute atomic E-state index is 12.9. The summed E-state index contributed by atoms with van der Waals surface area (Å²) in [5.41, 5.74) is 1.71. The van der Waals surface area contributed by atoms with Crippen molar-refractivity contribution < 1.29 is 14.3 Å². The molecule has 0 saturated carbocycles. The lowest BCUT2D eigenvalue weighted by atomic mass is 9.99. The molecule has 1 aromatic heterocycles. The maximum atomic E-state index is 12.9. The van der Waals surface area contributed by atoms with Gasteiger partial charge in [0.25, 0.3) is 11.8 Å². The van der Waals surface area contributed by atoms with Crippen LogP contribution in [0, 0.1) is 0 Å². The first-order valence-electron chi connectivity index (χ1n) is 8.81. The van der Waals surface area contributed by atoms with Crippen molar-refractivity contribution in [2.75, 3.05) is 33.3 Å². The third-order valence-electron chi connectivity index (χ3n) is 4.68. The van der Waals surface area contributed by atoms with Crippen LogP contribution in [0.1, 0.15) is 45.4 Å². The standard InChI is InChI=1S/C20H24N2O3S/c1-14(2)16-13-15(6-7-17(16)25-3)19(23)21-8-10-22(11-9-21)20(24)18-5-4-12-26-18/h4-7,12-14H,8-11H2,1-3H3. The van der Waals surface area contributed by atoms with Gasteiger partial charge in [-0.2, -0.15) is 0 Å². The van der Waals surface area contributed by atoms with Crippen LogP contribution in [0.2, 0.25) is 0 Å². The van der Waals surface area contributed by atoms with E-state index in [4.69, 9.17) is 4.74 Å². The number of carbonyl (C=O) groups is 2. The number of hydrogen-bond acceptors (Lipinski definition) is 4. The Balaban J connectivity index is 1.67. The van der Waals surface area contributed by atoms with Gasteiger partial charge >= 0.3 is 0 Å². The minimum atomic E-state index is 0.0118. The molecule has 1 saturated heterocycles. The smallest absolute Gasteiger partial charge is 0.264 e. The molecule has 138 valence electrons. The molecule has 0 unspecified atom stereocenters. The molecule has 26 heavy (non-hydrogen) atoms. The number of piperazine rings is 1. The highest BCUT2D eigenvalue weighted by atomic mass is 32.1. The van der Waals surface area contributed by atoms with E-state index in [1.54, 1.807) is 7.11 Å². The predicted octanol–water partition coefficient (Wildman–Crippen LogP) is 3.48. The summed E-state index contributed by atoms with van der Waals surface area (Å²) in [5, 5.41) is 1.91. The Morgan fingerprint density at radius 1 is 1.04 bits per heavy atom. The van der Waals surface area contributed by atoms with E-state index >= 15 is 0 Å². The second-order valence-corrected chi connectivity index (χ2v) is 7.62. The number of carbonyl (C=O) groups excluding carboxylic acids is 2. The van der Waals surface area contributed by atoms with Crippen molar-refractivity contribution in [1.82, 2.24) is 9.80 Å². The third-order valence-corrected chi connectivity index (χ3v) is 5.54. The molecule has 1 aliphatic rings. The fourth-order valence-electron chi connectivity index (χ4n) is 3.17. The molecule has 0 spiro atoms. The quantitative estimate of drug-likeness (QED) is 0.826. The van der Waals surface area contributed by atoms with Crippen molar-refractivity contribution in [2.45, 2.75) is 19.8 Å². The normalized spacial score (nSPS) is 14.6. The molecule has 3 rings (SSSR count). The summed E-state index contributed by atoms with van der Waals surface area (Å²) in [5.74, 6) is 1.15. The van der Waals surface area contributed by atoms with Crippen LogP contribution in [-0.2, 0) is 0 Å². The van der Waals surface area contributed by atoms with Crippen molar-refractivity contribution in [3.8, 4) is 5.75 Å². The summed E-state index contributed by atoms with van der Waals surface area (Å²) in [6.45, 7) is 6.41. The molecule has 0 aliphatic carbocycles. The Labute approximate surface area is 158 Å². The average molecular weight is 372 g/mol. The first kappa shape index (κ1) is 18.5. The largest absolute Gasteiger partial charge is 0.496 e. The fraction of sp³-hybridized carbons (Fsp3) is 0.400. The second-order valence-electron chi connectivity index (χ2n) is 6.67. The van der Waals surface area contributed by atoms with Gasteiger partial charge in [0.1, 0.15) is 5.75 Å². The summed E-state index contributed by atoms with van der Waals surface area (Å²) in [6.07, 6.45) is 0. The van der Waals surface area contributed by atoms with E-state index in [1.165, 1.54) is 11.3 Å². The SMILES string of the molecule is COc1ccc(C(=O)N2CCN(C(=O)c3cccs3)CC2)cc1C(C)C. The van der Waals surface area contributed by atoms with Gasteiger partial charge in [0, 0.05) is 31.7 Å². The average Bonchev–Trinajstić information content (AvgIpc) is 3.21. The van der Waals surface area contributed by atoms with E-state index in [9.17, 15) is 9.59 Å². The van der Waals surface area contributed by atoms with Gasteiger partial charge in [-0.15, -0.1) is 11.3 Å². The number of hydrogen-bond donors (Lipinski definition) is 0. The van der Waals surface area contributed by atoms with Crippen molar-refractivity contribution in [3.05, 3.63) is 51.7 Å². The number of rotatable bonds is 4. The molecule has 2 heterocycles. The third kappa shape index (κ3) is 3.75. The highest BCUT2D eigenvalue weighted by molar-refractivity contribution is 7.12. The molecule has 0 radical (unpaired) electrons. The first-order chi connectivity index (χ1) is 12.5. The van der Waals surface area contributed by atoms with Gasteiger partial charge in [0.05, 0.1) is 12.0 Å². The van der Waals surface area contributed by atoms with E-state index in [0.717, 1.165) is 16.2 Å². The lowest BCUT2D eigenvalue weighted by molar-refractivity contribution is 0.0538. The van der Waals surface area contributed by atoms with Crippen LogP contribution in [0.4, 0.5) is 0 Å². The minimum Gasteiger partial charge on any atom is -0.496 e. The molecule has 1 aliphatic heterocycles. The number of methoxy groups -OCH3 is 1. The molecule has 6 heteroatoms. The molecule has 1 fully saturated rings. The highest BCUT2D eigenvalue weighted by Gasteiger charge is 2.26. The van der Waals surface area contributed by atoms with Gasteiger partial charge in [-0.1, -0.05) is 19.9 Å². The van der Waals surface area contributed by atoms with Crippen LogP contribution < -0.4 is 4.74 Å². The molecule has 5 nitrogen and oxygen atoms in total. The fourth-order valence-corrected chi connectivity index (χ4v) is 3.86. The van der Waals surface area contributed by atoms with Crippen LogP contribution in [-0.4, -0.2) is 54.9 Å². The monoisotopic (exact) mass is 372 g/mol. The zero-order valence-electron chi connectivity index (χ0n) is 15.4. The van der Waals surface area contributed by atoms with Crippen molar-refractivity contribution in [3.63, 3.8) is 0 Å². The Hall–Kier alpha value is -2.34.